The minimum atomic E-state index is -0.303. The molecule has 1 saturated heterocycles. The maximum absolute atomic E-state index is 12.5. The predicted octanol–water partition coefficient (Wildman–Crippen LogP) is 3.21. The first-order chi connectivity index (χ1) is 12.9. The van der Waals surface area contributed by atoms with Gasteiger partial charge in [-0.15, -0.1) is 0 Å². The number of hydrogen-bond donors (Lipinski definition) is 2. The van der Waals surface area contributed by atoms with E-state index in [1.165, 1.54) is 6.08 Å². The molecule has 7 heteroatoms. The topological polar surface area (TPSA) is 61.4 Å². The van der Waals surface area contributed by atoms with Gasteiger partial charge in [-0.05, 0) is 50.0 Å². The van der Waals surface area contributed by atoms with Crippen LogP contribution < -0.4 is 10.6 Å². The van der Waals surface area contributed by atoms with Crippen molar-refractivity contribution in [1.29, 1.82) is 0 Å². The van der Waals surface area contributed by atoms with Crippen molar-refractivity contribution >= 4 is 35.1 Å². The summed E-state index contributed by atoms with van der Waals surface area (Å²) in [5.41, 5.74) is 0.742. The number of carbonyl (C=O) groups excluding carboxylic acids is 2. The second-order valence-corrected chi connectivity index (χ2v) is 7.74. The largest absolute Gasteiger partial charge is 0.349 e. The molecule has 2 N–H and O–H groups in total. The molecular weight excluding hydrogens is 385 g/mol. The zero-order chi connectivity index (χ0) is 19.6. The van der Waals surface area contributed by atoms with Crippen LogP contribution in [0.2, 0.25) is 10.0 Å². The molecule has 142 valence electrons. The van der Waals surface area contributed by atoms with Gasteiger partial charge in [-0.1, -0.05) is 41.6 Å². The monoisotopic (exact) mass is 405 g/mol. The van der Waals surface area contributed by atoms with Crippen LogP contribution in [-0.2, 0) is 4.79 Å². The molecule has 2 bridgehead atoms. The third-order valence-corrected chi connectivity index (χ3v) is 5.75. The van der Waals surface area contributed by atoms with Gasteiger partial charge in [0.25, 0.3) is 0 Å². The van der Waals surface area contributed by atoms with Gasteiger partial charge in [0.15, 0.2) is 0 Å². The lowest BCUT2D eigenvalue weighted by molar-refractivity contribution is -0.117. The SMILES string of the molecule is C=CC(=O)NC1CC2CC1CN2C(=O)NC(C)C#Cc1ccc(Cl)c(Cl)c1. The number of piperidine rings is 1. The molecule has 4 unspecified atom stereocenters. The van der Waals surface area contributed by atoms with Gasteiger partial charge < -0.3 is 15.5 Å². The molecule has 27 heavy (non-hydrogen) atoms. The van der Waals surface area contributed by atoms with E-state index >= 15 is 0 Å². The van der Waals surface area contributed by atoms with Gasteiger partial charge in [0.05, 0.1) is 16.1 Å². The summed E-state index contributed by atoms with van der Waals surface area (Å²) in [6.07, 6.45) is 2.98. The van der Waals surface area contributed by atoms with Crippen LogP contribution in [0.4, 0.5) is 4.79 Å². The lowest BCUT2D eigenvalue weighted by Gasteiger charge is -2.32. The second kappa shape index (κ2) is 8.24. The number of hydrogen-bond acceptors (Lipinski definition) is 2. The Morgan fingerprint density at radius 1 is 1.33 bits per heavy atom. The predicted molar refractivity (Wildman–Crippen MR) is 107 cm³/mol. The number of urea groups is 1. The molecule has 1 aliphatic heterocycles. The number of nitrogens with one attached hydrogen (secondary N) is 2. The van der Waals surface area contributed by atoms with Crippen LogP contribution in [0, 0.1) is 17.8 Å². The van der Waals surface area contributed by atoms with Gasteiger partial charge in [0, 0.05) is 24.2 Å². The second-order valence-electron chi connectivity index (χ2n) is 6.93. The molecule has 1 saturated carbocycles. The third kappa shape index (κ3) is 4.58. The van der Waals surface area contributed by atoms with Crippen molar-refractivity contribution in [2.45, 2.75) is 37.9 Å². The van der Waals surface area contributed by atoms with Crippen LogP contribution in [0.5, 0.6) is 0 Å². The third-order valence-electron chi connectivity index (χ3n) is 5.01. The van der Waals surface area contributed by atoms with Crippen molar-refractivity contribution < 1.29 is 9.59 Å². The Hall–Kier alpha value is -2.16. The standard InChI is InChI=1S/C20H21Cl2N3O2/c1-3-19(26)24-18-10-15-9-14(18)11-25(15)20(27)23-12(2)4-5-13-6-7-16(21)17(22)8-13/h3,6-8,12,14-15,18H,1,9-11H2,2H3,(H,23,27)(H,24,26). The highest BCUT2D eigenvalue weighted by Crippen LogP contribution is 2.37. The summed E-state index contributed by atoms with van der Waals surface area (Å²) in [5, 5.41) is 6.80. The first-order valence-corrected chi connectivity index (χ1v) is 9.59. The fraction of sp³-hybridized carbons (Fsp3) is 0.400. The number of halogens is 2. The van der Waals surface area contributed by atoms with Crippen LogP contribution in [0.1, 0.15) is 25.3 Å². The highest BCUT2D eigenvalue weighted by molar-refractivity contribution is 6.42. The number of rotatable bonds is 3. The lowest BCUT2D eigenvalue weighted by Crippen LogP contribution is -2.51. The number of carbonyl (C=O) groups is 2. The van der Waals surface area contributed by atoms with Gasteiger partial charge in [-0.25, -0.2) is 4.79 Å². The molecule has 2 fully saturated rings. The summed E-state index contributed by atoms with van der Waals surface area (Å²) >= 11 is 11.9. The smallest absolute Gasteiger partial charge is 0.318 e. The fourth-order valence-electron chi connectivity index (χ4n) is 3.69. The summed E-state index contributed by atoms with van der Waals surface area (Å²) in [6.45, 7) is 5.96. The van der Waals surface area contributed by atoms with E-state index in [2.05, 4.69) is 29.1 Å². The van der Waals surface area contributed by atoms with E-state index in [-0.39, 0.29) is 30.1 Å². The van der Waals surface area contributed by atoms with E-state index in [4.69, 9.17) is 23.2 Å². The highest BCUT2D eigenvalue weighted by atomic mass is 35.5. The summed E-state index contributed by atoms with van der Waals surface area (Å²) in [7, 11) is 0. The van der Waals surface area contributed by atoms with Crippen LogP contribution in [0.25, 0.3) is 0 Å². The van der Waals surface area contributed by atoms with Crippen molar-refractivity contribution in [2.75, 3.05) is 6.54 Å². The van der Waals surface area contributed by atoms with Gasteiger partial charge in [-0.2, -0.15) is 0 Å². The van der Waals surface area contributed by atoms with Gasteiger partial charge in [-0.3, -0.25) is 4.79 Å². The summed E-state index contributed by atoms with van der Waals surface area (Å²) < 4.78 is 0. The number of benzene rings is 1. The van der Waals surface area contributed by atoms with Crippen LogP contribution in [-0.4, -0.2) is 41.5 Å². The summed E-state index contributed by atoms with van der Waals surface area (Å²) in [4.78, 5) is 25.9. The van der Waals surface area contributed by atoms with E-state index in [0.717, 1.165) is 18.4 Å². The van der Waals surface area contributed by atoms with Crippen molar-refractivity contribution in [3.8, 4) is 11.8 Å². The maximum Gasteiger partial charge on any atom is 0.318 e. The average Bonchev–Trinajstić information content (AvgIpc) is 3.23. The zero-order valence-electron chi connectivity index (χ0n) is 15.0. The molecule has 5 nitrogen and oxygen atoms in total. The Kier molecular flexibility index (Phi) is 5.98. The zero-order valence-corrected chi connectivity index (χ0v) is 16.5. The minimum Gasteiger partial charge on any atom is -0.349 e. The lowest BCUT2D eigenvalue weighted by atomic mass is 10.0. The van der Waals surface area contributed by atoms with Crippen molar-refractivity contribution in [3.63, 3.8) is 0 Å². The minimum absolute atomic E-state index is 0.119. The highest BCUT2D eigenvalue weighted by Gasteiger charge is 2.46. The molecule has 1 aliphatic carbocycles. The molecule has 1 heterocycles. The Morgan fingerprint density at radius 3 is 2.74 bits per heavy atom. The van der Waals surface area contributed by atoms with Crippen molar-refractivity contribution in [2.24, 2.45) is 5.92 Å². The first kappa shape index (κ1) is 19.6. The maximum atomic E-state index is 12.5. The number of amides is 3. The fourth-order valence-corrected chi connectivity index (χ4v) is 3.99. The van der Waals surface area contributed by atoms with Gasteiger partial charge >= 0.3 is 6.03 Å². The Labute approximate surface area is 169 Å². The molecule has 1 aromatic rings. The molecule has 3 rings (SSSR count). The summed E-state index contributed by atoms with van der Waals surface area (Å²) in [5.74, 6) is 6.14. The quantitative estimate of drug-likeness (QED) is 0.598. The number of nitrogens with zero attached hydrogens (tertiary/aromatic N) is 1. The molecule has 2 aliphatic rings. The molecule has 3 amide bonds. The van der Waals surface area contributed by atoms with Crippen molar-refractivity contribution in [1.82, 2.24) is 15.5 Å². The Balaban J connectivity index is 1.53. The van der Waals surface area contributed by atoms with E-state index in [1.54, 1.807) is 18.2 Å². The molecule has 1 aromatic carbocycles. The Morgan fingerprint density at radius 2 is 2.11 bits per heavy atom. The summed E-state index contributed by atoms with van der Waals surface area (Å²) in [6, 6.07) is 5.03. The molecule has 4 atom stereocenters. The number of fused-ring (bicyclic) bond motifs is 2. The average molecular weight is 406 g/mol. The van der Waals surface area contributed by atoms with Gasteiger partial charge in [0.2, 0.25) is 5.91 Å². The van der Waals surface area contributed by atoms with Crippen LogP contribution >= 0.6 is 23.2 Å². The van der Waals surface area contributed by atoms with E-state index < -0.39 is 0 Å². The van der Waals surface area contributed by atoms with E-state index in [1.807, 2.05) is 11.8 Å². The van der Waals surface area contributed by atoms with E-state index in [9.17, 15) is 9.59 Å². The van der Waals surface area contributed by atoms with Crippen LogP contribution in [0.15, 0.2) is 30.9 Å². The normalized spacial score (nSPS) is 24.0. The van der Waals surface area contributed by atoms with Crippen molar-refractivity contribution in [3.05, 3.63) is 46.5 Å². The van der Waals surface area contributed by atoms with Crippen LogP contribution in [0.3, 0.4) is 0 Å². The Bertz CT molecular complexity index is 830. The molecular formula is C20H21Cl2N3O2. The number of likely N-dealkylation sites (tertiary alicyclic amines) is 1. The van der Waals surface area contributed by atoms with E-state index in [0.29, 0.717) is 22.5 Å². The molecule has 0 spiro atoms. The molecule has 0 radical (unpaired) electrons. The molecule has 0 aromatic heterocycles. The first-order valence-electron chi connectivity index (χ1n) is 8.84. The van der Waals surface area contributed by atoms with Gasteiger partial charge in [0.1, 0.15) is 0 Å².